The number of rotatable bonds is 3. The van der Waals surface area contributed by atoms with Crippen molar-refractivity contribution in [3.63, 3.8) is 0 Å². The van der Waals surface area contributed by atoms with Gasteiger partial charge in [-0.3, -0.25) is 4.79 Å². The molecule has 1 aromatic carbocycles. The third-order valence-electron chi connectivity index (χ3n) is 1.74. The molecule has 0 N–H and O–H groups in total. The maximum atomic E-state index is 10.8. The number of carbonyl (C=O) groups is 1. The Morgan fingerprint density at radius 1 is 1.42 bits per heavy atom. The standard InChI is InChI=1S/C10H13OP/c1-8(11)7-10(12)9-5-3-2-4-6-9/h2-6,10H,7,12H2,1H3. The minimum atomic E-state index is 0.235. The Balaban J connectivity index is 2.65. The molecule has 2 unspecified atom stereocenters. The third kappa shape index (κ3) is 2.75. The van der Waals surface area contributed by atoms with Gasteiger partial charge in [0.1, 0.15) is 5.78 Å². The second-order valence-corrected chi connectivity index (χ2v) is 3.73. The maximum absolute atomic E-state index is 10.8. The van der Waals surface area contributed by atoms with E-state index in [2.05, 4.69) is 9.24 Å². The van der Waals surface area contributed by atoms with E-state index in [1.165, 1.54) is 5.56 Å². The molecule has 0 amide bonds. The van der Waals surface area contributed by atoms with E-state index < -0.39 is 0 Å². The van der Waals surface area contributed by atoms with E-state index in [9.17, 15) is 4.79 Å². The molecule has 0 saturated heterocycles. The molecular weight excluding hydrogens is 167 g/mol. The summed E-state index contributed by atoms with van der Waals surface area (Å²) in [6.07, 6.45) is 0.606. The summed E-state index contributed by atoms with van der Waals surface area (Å²) in [6.45, 7) is 1.62. The fourth-order valence-electron chi connectivity index (χ4n) is 1.13. The Kier molecular flexibility index (Phi) is 3.43. The van der Waals surface area contributed by atoms with Gasteiger partial charge in [-0.15, -0.1) is 9.24 Å². The molecule has 0 radical (unpaired) electrons. The lowest BCUT2D eigenvalue weighted by atomic mass is 10.1. The van der Waals surface area contributed by atoms with Crippen molar-refractivity contribution < 1.29 is 4.79 Å². The van der Waals surface area contributed by atoms with Crippen LogP contribution in [0.15, 0.2) is 30.3 Å². The smallest absolute Gasteiger partial charge is 0.130 e. The van der Waals surface area contributed by atoms with Crippen molar-refractivity contribution in [3.05, 3.63) is 35.9 Å². The maximum Gasteiger partial charge on any atom is 0.130 e. The van der Waals surface area contributed by atoms with Crippen molar-refractivity contribution >= 4 is 15.0 Å². The summed E-state index contributed by atoms with van der Waals surface area (Å²) in [5.41, 5.74) is 1.47. The molecule has 2 heteroatoms. The molecule has 1 rings (SSSR count). The predicted molar refractivity (Wildman–Crippen MR) is 54.2 cm³/mol. The van der Waals surface area contributed by atoms with Crippen LogP contribution >= 0.6 is 9.24 Å². The van der Waals surface area contributed by atoms with Crippen molar-refractivity contribution in [2.24, 2.45) is 0 Å². The lowest BCUT2D eigenvalue weighted by Gasteiger charge is -2.08. The molecule has 1 aromatic rings. The first-order valence-corrected chi connectivity index (χ1v) is 4.67. The van der Waals surface area contributed by atoms with Gasteiger partial charge < -0.3 is 0 Å². The average Bonchev–Trinajstić information content (AvgIpc) is 2.05. The van der Waals surface area contributed by atoms with E-state index in [4.69, 9.17) is 0 Å². The van der Waals surface area contributed by atoms with Gasteiger partial charge in [0.05, 0.1) is 0 Å². The molecule has 12 heavy (non-hydrogen) atoms. The van der Waals surface area contributed by atoms with E-state index in [-0.39, 0.29) is 11.4 Å². The van der Waals surface area contributed by atoms with Crippen LogP contribution in [0.1, 0.15) is 24.6 Å². The Morgan fingerprint density at radius 2 is 2.00 bits per heavy atom. The number of hydrogen-bond donors (Lipinski definition) is 0. The lowest BCUT2D eigenvalue weighted by Crippen LogP contribution is -1.96. The summed E-state index contributed by atoms with van der Waals surface area (Å²) >= 11 is 0. The van der Waals surface area contributed by atoms with Gasteiger partial charge in [0.2, 0.25) is 0 Å². The lowest BCUT2D eigenvalue weighted by molar-refractivity contribution is -0.117. The van der Waals surface area contributed by atoms with Crippen LogP contribution < -0.4 is 0 Å². The van der Waals surface area contributed by atoms with Gasteiger partial charge in [-0.05, 0) is 12.5 Å². The first-order chi connectivity index (χ1) is 5.70. The Hall–Kier alpha value is -0.680. The van der Waals surface area contributed by atoms with Crippen LogP contribution in [0.3, 0.4) is 0 Å². The van der Waals surface area contributed by atoms with Crippen LogP contribution in [-0.4, -0.2) is 5.78 Å². The van der Waals surface area contributed by atoms with Crippen molar-refractivity contribution in [3.8, 4) is 0 Å². The van der Waals surface area contributed by atoms with E-state index in [0.717, 1.165) is 0 Å². The normalized spacial score (nSPS) is 12.5. The second kappa shape index (κ2) is 4.37. The Morgan fingerprint density at radius 3 is 2.50 bits per heavy atom. The van der Waals surface area contributed by atoms with Crippen LogP contribution in [0, 0.1) is 0 Å². The molecule has 0 aliphatic carbocycles. The van der Waals surface area contributed by atoms with Gasteiger partial charge in [0, 0.05) is 12.1 Å². The topological polar surface area (TPSA) is 17.1 Å². The number of ketones is 1. The molecule has 0 aliphatic heterocycles. The van der Waals surface area contributed by atoms with Crippen molar-refractivity contribution in [2.75, 3.05) is 0 Å². The molecule has 0 aliphatic rings. The number of Topliss-reactive ketones (excluding diaryl/α,β-unsaturated/α-hetero) is 1. The van der Waals surface area contributed by atoms with Crippen LogP contribution in [0.5, 0.6) is 0 Å². The molecule has 0 saturated carbocycles. The number of benzene rings is 1. The first-order valence-electron chi connectivity index (χ1n) is 4.00. The Bertz CT molecular complexity index is 256. The predicted octanol–water partition coefficient (Wildman–Crippen LogP) is 2.58. The van der Waals surface area contributed by atoms with Gasteiger partial charge in [-0.2, -0.15) is 0 Å². The van der Waals surface area contributed by atoms with Crippen molar-refractivity contribution in [2.45, 2.75) is 19.0 Å². The molecule has 2 atom stereocenters. The average molecular weight is 180 g/mol. The fraction of sp³-hybridized carbons (Fsp3) is 0.300. The summed E-state index contributed by atoms with van der Waals surface area (Å²) in [7, 11) is 2.70. The quantitative estimate of drug-likeness (QED) is 0.653. The first kappa shape index (κ1) is 9.41. The molecule has 1 nitrogen and oxygen atoms in total. The zero-order valence-corrected chi connectivity index (χ0v) is 8.31. The van der Waals surface area contributed by atoms with Crippen LogP contribution in [0.25, 0.3) is 0 Å². The minimum absolute atomic E-state index is 0.235. The summed E-state index contributed by atoms with van der Waals surface area (Å²) in [6, 6.07) is 10.1. The number of carbonyl (C=O) groups excluding carboxylic acids is 1. The molecule has 0 fully saturated rings. The minimum Gasteiger partial charge on any atom is -0.300 e. The van der Waals surface area contributed by atoms with E-state index >= 15 is 0 Å². The Labute approximate surface area is 75.4 Å². The summed E-state index contributed by atoms with van der Waals surface area (Å²) in [5.74, 6) is 0.235. The van der Waals surface area contributed by atoms with Gasteiger partial charge in [-0.25, -0.2) is 0 Å². The van der Waals surface area contributed by atoms with Crippen LogP contribution in [-0.2, 0) is 4.79 Å². The zero-order chi connectivity index (χ0) is 8.97. The SMILES string of the molecule is CC(=O)CC(P)c1ccccc1. The van der Waals surface area contributed by atoms with E-state index in [1.807, 2.05) is 30.3 Å². The highest BCUT2D eigenvalue weighted by Crippen LogP contribution is 2.26. The highest BCUT2D eigenvalue weighted by Gasteiger charge is 2.06. The monoisotopic (exact) mass is 180 g/mol. The van der Waals surface area contributed by atoms with Gasteiger partial charge in [-0.1, -0.05) is 30.3 Å². The van der Waals surface area contributed by atoms with Crippen molar-refractivity contribution in [1.29, 1.82) is 0 Å². The van der Waals surface area contributed by atoms with Gasteiger partial charge >= 0.3 is 0 Å². The van der Waals surface area contributed by atoms with Gasteiger partial charge in [0.25, 0.3) is 0 Å². The van der Waals surface area contributed by atoms with Crippen molar-refractivity contribution in [1.82, 2.24) is 0 Å². The van der Waals surface area contributed by atoms with Crippen LogP contribution in [0.4, 0.5) is 0 Å². The molecule has 0 heterocycles. The summed E-state index contributed by atoms with van der Waals surface area (Å²) in [5, 5.41) is 0. The molecule has 0 aromatic heterocycles. The molecule has 64 valence electrons. The number of hydrogen-bond acceptors (Lipinski definition) is 1. The fourth-order valence-corrected chi connectivity index (χ4v) is 1.68. The zero-order valence-electron chi connectivity index (χ0n) is 7.16. The highest BCUT2D eigenvalue weighted by atomic mass is 31.0. The molecule has 0 bridgehead atoms. The molecule has 0 spiro atoms. The van der Waals surface area contributed by atoms with Gasteiger partial charge in [0.15, 0.2) is 0 Å². The largest absolute Gasteiger partial charge is 0.300 e. The van der Waals surface area contributed by atoms with E-state index in [0.29, 0.717) is 6.42 Å². The molecular formula is C10H13OP. The highest BCUT2D eigenvalue weighted by molar-refractivity contribution is 7.17. The summed E-state index contributed by atoms with van der Waals surface area (Å²) in [4.78, 5) is 10.8. The third-order valence-corrected chi connectivity index (χ3v) is 2.36. The second-order valence-electron chi connectivity index (χ2n) is 2.92. The summed E-state index contributed by atoms with van der Waals surface area (Å²) < 4.78 is 0. The van der Waals surface area contributed by atoms with E-state index in [1.54, 1.807) is 6.92 Å². The van der Waals surface area contributed by atoms with Crippen LogP contribution in [0.2, 0.25) is 0 Å².